The molecule has 2 aliphatic carbocycles. The standard InChI is InChI=1S/C27H49F3N3O6P/c1-2-3-4-5-6-7-8-15-20-39-24(34)21-33(25(35)26(28,29)30)27(40(36,37)38,31-22-16-11-9-12-17-22)32-23-18-13-10-14-19-23/h22-23,31-32H,2-21H2,1H3,(H2,36,37,38). The van der Waals surface area contributed by atoms with Crippen LogP contribution in [-0.2, 0) is 18.9 Å². The summed E-state index contributed by atoms with van der Waals surface area (Å²) in [4.78, 5) is 46.7. The number of ether oxygens (including phenoxy) is 1. The van der Waals surface area contributed by atoms with Crippen LogP contribution in [0.25, 0.3) is 0 Å². The van der Waals surface area contributed by atoms with E-state index in [0.717, 1.165) is 70.6 Å². The molecular formula is C27H49F3N3O6P. The second kappa shape index (κ2) is 17.0. The molecule has 2 fully saturated rings. The highest BCUT2D eigenvalue weighted by Gasteiger charge is 2.60. The number of nitrogens with zero attached hydrogens (tertiary/aromatic N) is 1. The van der Waals surface area contributed by atoms with E-state index in [2.05, 4.69) is 17.6 Å². The first-order valence-corrected chi connectivity index (χ1v) is 16.7. The molecule has 2 aliphatic rings. The van der Waals surface area contributed by atoms with Crippen molar-refractivity contribution in [3.8, 4) is 0 Å². The van der Waals surface area contributed by atoms with E-state index in [0.29, 0.717) is 32.1 Å². The van der Waals surface area contributed by atoms with Crippen molar-refractivity contribution in [3.63, 3.8) is 0 Å². The summed E-state index contributed by atoms with van der Waals surface area (Å²) < 4.78 is 59.9. The first kappa shape index (κ1) is 35.0. The van der Waals surface area contributed by atoms with Crippen molar-refractivity contribution in [2.45, 2.75) is 146 Å². The van der Waals surface area contributed by atoms with Gasteiger partial charge in [-0.15, -0.1) is 0 Å². The van der Waals surface area contributed by atoms with Crippen molar-refractivity contribution in [1.29, 1.82) is 0 Å². The van der Waals surface area contributed by atoms with E-state index in [4.69, 9.17) is 4.74 Å². The van der Waals surface area contributed by atoms with Crippen LogP contribution in [0.5, 0.6) is 0 Å². The van der Waals surface area contributed by atoms with Crippen LogP contribution in [0.4, 0.5) is 13.2 Å². The molecule has 13 heteroatoms. The third-order valence-electron chi connectivity index (χ3n) is 7.87. The van der Waals surface area contributed by atoms with Crippen molar-refractivity contribution in [1.82, 2.24) is 15.5 Å². The molecule has 0 aromatic carbocycles. The average molecular weight is 600 g/mol. The molecule has 40 heavy (non-hydrogen) atoms. The summed E-state index contributed by atoms with van der Waals surface area (Å²) >= 11 is 0. The van der Waals surface area contributed by atoms with Gasteiger partial charge < -0.3 is 14.5 Å². The van der Waals surface area contributed by atoms with Crippen LogP contribution in [0, 0.1) is 0 Å². The number of unbranched alkanes of at least 4 members (excludes halogenated alkanes) is 7. The monoisotopic (exact) mass is 599 g/mol. The molecule has 0 aromatic heterocycles. The Labute approximate surface area is 236 Å². The molecule has 0 aromatic rings. The van der Waals surface area contributed by atoms with Gasteiger partial charge in [0, 0.05) is 12.1 Å². The fourth-order valence-corrected chi connectivity index (χ4v) is 6.85. The van der Waals surface area contributed by atoms with E-state index in [-0.39, 0.29) is 11.5 Å². The number of amides is 1. The smallest absolute Gasteiger partial charge is 0.464 e. The molecule has 0 atom stereocenters. The zero-order valence-electron chi connectivity index (χ0n) is 23.9. The Morgan fingerprint density at radius 2 is 1.27 bits per heavy atom. The molecule has 0 bridgehead atoms. The maximum absolute atomic E-state index is 13.9. The van der Waals surface area contributed by atoms with Crippen molar-refractivity contribution >= 4 is 19.5 Å². The van der Waals surface area contributed by atoms with E-state index in [9.17, 15) is 37.1 Å². The van der Waals surface area contributed by atoms with Crippen LogP contribution in [0.3, 0.4) is 0 Å². The summed E-state index contributed by atoms with van der Waals surface area (Å²) in [5, 5.41) is 5.49. The molecule has 4 N–H and O–H groups in total. The molecule has 0 radical (unpaired) electrons. The number of alkyl halides is 3. The molecule has 9 nitrogen and oxygen atoms in total. The third-order valence-corrected chi connectivity index (χ3v) is 9.21. The zero-order valence-corrected chi connectivity index (χ0v) is 24.7. The number of nitrogens with one attached hydrogen (secondary N) is 2. The zero-order chi connectivity index (χ0) is 29.7. The highest BCUT2D eigenvalue weighted by atomic mass is 31.2. The number of esters is 1. The van der Waals surface area contributed by atoms with Crippen molar-refractivity contribution in [2.75, 3.05) is 13.2 Å². The Bertz CT molecular complexity index is 794. The van der Waals surface area contributed by atoms with E-state index < -0.39 is 49.8 Å². The third kappa shape index (κ3) is 11.2. The molecule has 2 rings (SSSR count). The van der Waals surface area contributed by atoms with Crippen molar-refractivity contribution < 1.29 is 41.8 Å². The Kier molecular flexibility index (Phi) is 14.9. The Hall–Kier alpha value is -1.20. The van der Waals surface area contributed by atoms with Gasteiger partial charge in [0.1, 0.15) is 6.54 Å². The molecule has 234 valence electrons. The number of carbonyl (C=O) groups excluding carboxylic acids is 2. The summed E-state index contributed by atoms with van der Waals surface area (Å²) in [6.45, 7) is 0.844. The summed E-state index contributed by atoms with van der Waals surface area (Å²) in [5.74, 6) is -3.65. The second-order valence-electron chi connectivity index (χ2n) is 11.3. The summed E-state index contributed by atoms with van der Waals surface area (Å²) in [6.07, 6.45) is 9.05. The molecule has 0 unspecified atom stereocenters. The predicted octanol–water partition coefficient (Wildman–Crippen LogP) is 5.69. The number of halogens is 3. The van der Waals surface area contributed by atoms with Crippen LogP contribution >= 0.6 is 7.60 Å². The normalized spacial score (nSPS) is 18.1. The van der Waals surface area contributed by atoms with Crippen LogP contribution in [0.2, 0.25) is 0 Å². The maximum Gasteiger partial charge on any atom is 0.471 e. The van der Waals surface area contributed by atoms with E-state index in [1.165, 1.54) is 12.8 Å². The van der Waals surface area contributed by atoms with Gasteiger partial charge in [-0.2, -0.15) is 13.2 Å². The number of rotatable bonds is 17. The minimum atomic E-state index is -5.55. The van der Waals surface area contributed by atoms with E-state index in [1.54, 1.807) is 0 Å². The van der Waals surface area contributed by atoms with Gasteiger partial charge in [0.05, 0.1) is 6.61 Å². The van der Waals surface area contributed by atoms with Crippen LogP contribution in [0.15, 0.2) is 0 Å². The summed E-state index contributed by atoms with van der Waals surface area (Å²) in [6, 6.07) is -1.09. The van der Waals surface area contributed by atoms with Gasteiger partial charge in [0.2, 0.25) is 0 Å². The molecular weight excluding hydrogens is 550 g/mol. The summed E-state index contributed by atoms with van der Waals surface area (Å²) in [7, 11) is -5.55. The lowest BCUT2D eigenvalue weighted by Crippen LogP contribution is -2.74. The lowest BCUT2D eigenvalue weighted by molar-refractivity contribution is -0.194. The highest BCUT2D eigenvalue weighted by Crippen LogP contribution is 2.51. The van der Waals surface area contributed by atoms with Gasteiger partial charge in [-0.1, -0.05) is 90.4 Å². The van der Waals surface area contributed by atoms with Crippen molar-refractivity contribution in [3.05, 3.63) is 0 Å². The van der Waals surface area contributed by atoms with Gasteiger partial charge in [-0.05, 0) is 32.1 Å². The number of hydrogen-bond donors (Lipinski definition) is 4. The lowest BCUT2D eigenvalue weighted by Gasteiger charge is -2.48. The Morgan fingerprint density at radius 3 is 1.70 bits per heavy atom. The molecule has 0 heterocycles. The molecule has 0 saturated heterocycles. The lowest BCUT2D eigenvalue weighted by atomic mass is 9.94. The molecule has 0 aliphatic heterocycles. The minimum Gasteiger partial charge on any atom is -0.464 e. The largest absolute Gasteiger partial charge is 0.471 e. The number of carbonyl (C=O) groups is 2. The minimum absolute atomic E-state index is 0.0448. The predicted molar refractivity (Wildman–Crippen MR) is 146 cm³/mol. The van der Waals surface area contributed by atoms with E-state index >= 15 is 0 Å². The average Bonchev–Trinajstić information content (AvgIpc) is 2.90. The highest BCUT2D eigenvalue weighted by molar-refractivity contribution is 7.53. The topological polar surface area (TPSA) is 128 Å². The number of hydrogen-bond acceptors (Lipinski definition) is 6. The summed E-state index contributed by atoms with van der Waals surface area (Å²) in [5.41, 5.74) is -2.90. The maximum atomic E-state index is 13.9. The van der Waals surface area contributed by atoms with Crippen LogP contribution < -0.4 is 10.6 Å². The molecule has 0 spiro atoms. The van der Waals surface area contributed by atoms with Gasteiger partial charge in [0.15, 0.2) is 0 Å². The Balaban J connectivity index is 2.23. The first-order valence-electron chi connectivity index (χ1n) is 15.1. The van der Waals surface area contributed by atoms with E-state index in [1.807, 2.05) is 0 Å². The molecule has 1 amide bonds. The van der Waals surface area contributed by atoms with Gasteiger partial charge >= 0.3 is 25.6 Å². The fraction of sp³-hybridized carbons (Fsp3) is 0.926. The SMILES string of the molecule is CCCCCCCCCCOC(=O)CN(C(=O)C(F)(F)F)C(NC1CCCCC1)(NC1CCCCC1)P(=O)(O)O. The van der Waals surface area contributed by atoms with Crippen molar-refractivity contribution in [2.24, 2.45) is 0 Å². The van der Waals surface area contributed by atoms with Crippen LogP contribution in [0.1, 0.15) is 122 Å². The van der Waals surface area contributed by atoms with Crippen LogP contribution in [-0.4, -0.2) is 63.5 Å². The van der Waals surface area contributed by atoms with Gasteiger partial charge in [-0.25, -0.2) is 0 Å². The Morgan fingerprint density at radius 1 is 0.825 bits per heavy atom. The fourth-order valence-electron chi connectivity index (χ4n) is 5.67. The molecule has 2 saturated carbocycles. The van der Waals surface area contributed by atoms with Gasteiger partial charge in [-0.3, -0.25) is 29.7 Å². The first-order chi connectivity index (χ1) is 18.9. The second-order valence-corrected chi connectivity index (χ2v) is 13.0. The quantitative estimate of drug-likeness (QED) is 0.0726. The van der Waals surface area contributed by atoms with Gasteiger partial charge in [0.25, 0.3) is 5.53 Å².